The number of hydrogen-bond acceptors (Lipinski definition) is 5. The Morgan fingerprint density at radius 1 is 1.06 bits per heavy atom. The number of nitrogens with zero attached hydrogens (tertiary/aromatic N) is 4. The molecule has 0 radical (unpaired) electrons. The van der Waals surface area contributed by atoms with Crippen molar-refractivity contribution < 1.29 is 14.3 Å². The third kappa shape index (κ3) is 7.13. The van der Waals surface area contributed by atoms with Crippen molar-refractivity contribution in [1.29, 1.82) is 0 Å². The van der Waals surface area contributed by atoms with E-state index >= 15 is 0 Å². The fraction of sp³-hybridized carbons (Fsp3) is 0.652. The number of methoxy groups -OCH3 is 1. The summed E-state index contributed by atoms with van der Waals surface area (Å²) in [4.78, 5) is 23.7. The van der Waals surface area contributed by atoms with Crippen LogP contribution in [0.3, 0.4) is 0 Å². The molecule has 180 valence electrons. The molecule has 9 heteroatoms. The quantitative estimate of drug-likeness (QED) is 0.314. The van der Waals surface area contributed by atoms with Gasteiger partial charge in [0.05, 0.1) is 19.7 Å². The third-order valence-corrected chi connectivity index (χ3v) is 6.07. The van der Waals surface area contributed by atoms with Gasteiger partial charge in [-0.05, 0) is 38.8 Å². The summed E-state index contributed by atoms with van der Waals surface area (Å²) in [7, 11) is 3.46. The number of halogens is 1. The Morgan fingerprint density at radius 3 is 2.34 bits per heavy atom. The first kappa shape index (κ1) is 26.5. The largest absolute Gasteiger partial charge is 0.497 e. The van der Waals surface area contributed by atoms with Crippen molar-refractivity contribution in [3.63, 3.8) is 0 Å². The predicted molar refractivity (Wildman–Crippen MR) is 138 cm³/mol. The molecule has 2 fully saturated rings. The van der Waals surface area contributed by atoms with Crippen LogP contribution in [0.4, 0.5) is 0 Å². The molecule has 2 heterocycles. The van der Waals surface area contributed by atoms with Crippen molar-refractivity contribution in [2.24, 2.45) is 4.99 Å². The smallest absolute Gasteiger partial charge is 0.239 e. The average molecular weight is 559 g/mol. The van der Waals surface area contributed by atoms with Gasteiger partial charge < -0.3 is 24.6 Å². The second-order valence-corrected chi connectivity index (χ2v) is 8.27. The number of hydrogen-bond donors (Lipinski definition) is 1. The molecule has 0 bridgehead atoms. The summed E-state index contributed by atoms with van der Waals surface area (Å²) in [5.41, 5.74) is 0. The van der Waals surface area contributed by atoms with E-state index < -0.39 is 0 Å². The summed E-state index contributed by atoms with van der Waals surface area (Å²) in [5.74, 6) is 2.72. The molecule has 1 N–H and O–H groups in total. The molecule has 32 heavy (non-hydrogen) atoms. The molecule has 2 saturated heterocycles. The molecule has 1 aromatic rings. The number of carbonyl (C=O) groups excluding carboxylic acids is 1. The molecule has 0 spiro atoms. The minimum absolute atomic E-state index is 0. The van der Waals surface area contributed by atoms with Crippen molar-refractivity contribution in [3.8, 4) is 11.5 Å². The van der Waals surface area contributed by atoms with E-state index in [0.29, 0.717) is 6.54 Å². The fourth-order valence-corrected chi connectivity index (χ4v) is 4.19. The lowest BCUT2D eigenvalue weighted by molar-refractivity contribution is -0.135. The predicted octanol–water partition coefficient (Wildman–Crippen LogP) is 2.28. The van der Waals surface area contributed by atoms with Crippen molar-refractivity contribution >= 4 is 35.8 Å². The van der Waals surface area contributed by atoms with Gasteiger partial charge in [0.25, 0.3) is 0 Å². The molecule has 0 saturated carbocycles. The Kier molecular flexibility index (Phi) is 10.8. The van der Waals surface area contributed by atoms with Gasteiger partial charge >= 0.3 is 0 Å². The van der Waals surface area contributed by atoms with Crippen molar-refractivity contribution in [2.75, 3.05) is 60.0 Å². The van der Waals surface area contributed by atoms with Crippen LogP contribution in [0.5, 0.6) is 11.5 Å². The summed E-state index contributed by atoms with van der Waals surface area (Å²) >= 11 is 0. The second-order valence-electron chi connectivity index (χ2n) is 8.27. The summed E-state index contributed by atoms with van der Waals surface area (Å²) in [6, 6.07) is 7.58. The van der Waals surface area contributed by atoms with E-state index in [4.69, 9.17) is 9.47 Å². The number of ether oxygens (including phenoxy) is 2. The molecule has 3 rings (SSSR count). The second kappa shape index (κ2) is 13.1. The van der Waals surface area contributed by atoms with Gasteiger partial charge in [-0.2, -0.15) is 0 Å². The van der Waals surface area contributed by atoms with Crippen LogP contribution in [0.2, 0.25) is 0 Å². The van der Waals surface area contributed by atoms with Crippen LogP contribution in [0.1, 0.15) is 26.7 Å². The van der Waals surface area contributed by atoms with Crippen molar-refractivity contribution in [1.82, 2.24) is 20.0 Å². The average Bonchev–Trinajstić information content (AvgIpc) is 3.34. The van der Waals surface area contributed by atoms with E-state index in [2.05, 4.69) is 20.1 Å². The van der Waals surface area contributed by atoms with Crippen LogP contribution in [0.25, 0.3) is 0 Å². The van der Waals surface area contributed by atoms with Gasteiger partial charge in [-0.15, -0.1) is 24.0 Å². The first-order valence-electron chi connectivity index (χ1n) is 11.3. The monoisotopic (exact) mass is 559 g/mol. The van der Waals surface area contributed by atoms with Gasteiger partial charge in [0.15, 0.2) is 5.96 Å². The summed E-state index contributed by atoms with van der Waals surface area (Å²) in [6.07, 6.45) is 2.24. The van der Waals surface area contributed by atoms with E-state index in [0.717, 1.165) is 69.6 Å². The van der Waals surface area contributed by atoms with E-state index in [9.17, 15) is 4.79 Å². The maximum Gasteiger partial charge on any atom is 0.239 e. The van der Waals surface area contributed by atoms with Crippen LogP contribution in [-0.4, -0.2) is 98.7 Å². The van der Waals surface area contributed by atoms with Gasteiger partial charge in [0, 0.05) is 52.4 Å². The van der Waals surface area contributed by atoms with Crippen LogP contribution >= 0.6 is 24.0 Å². The molecule has 0 aromatic heterocycles. The number of rotatable bonds is 7. The van der Waals surface area contributed by atoms with E-state index in [1.807, 2.05) is 50.1 Å². The summed E-state index contributed by atoms with van der Waals surface area (Å²) in [6.45, 7) is 9.96. The zero-order valence-electron chi connectivity index (χ0n) is 19.7. The minimum Gasteiger partial charge on any atom is -0.497 e. The number of benzene rings is 1. The molecule has 2 aliphatic rings. The molecule has 2 atom stereocenters. The first-order chi connectivity index (χ1) is 15.0. The maximum atomic E-state index is 12.7. The van der Waals surface area contributed by atoms with Gasteiger partial charge in [-0.25, -0.2) is 0 Å². The Hall–Kier alpha value is -1.75. The normalized spacial score (nSPS) is 19.2. The number of carbonyl (C=O) groups is 1. The van der Waals surface area contributed by atoms with Gasteiger partial charge in [-0.3, -0.25) is 14.7 Å². The molecular formula is C23H38IN5O3. The van der Waals surface area contributed by atoms with E-state index in [1.165, 1.54) is 0 Å². The molecular weight excluding hydrogens is 521 g/mol. The molecule has 1 aromatic carbocycles. The number of guanidine groups is 1. The first-order valence-corrected chi connectivity index (χ1v) is 11.3. The highest BCUT2D eigenvalue weighted by Gasteiger charge is 2.30. The number of aliphatic imine (C=N–C) groups is 1. The summed E-state index contributed by atoms with van der Waals surface area (Å²) < 4.78 is 11.2. The standard InChI is InChI=1S/C23H37N5O3.HI/c1-18(31-21-9-7-8-20(16-21)30-4)17-25-23(24-3)28-14-12-26(13-15-28)19(2)22(29)27-10-5-6-11-27;/h7-9,16,18-19H,5-6,10-15,17H2,1-4H3,(H,24,25);1H. The minimum atomic E-state index is -0.0495. The number of amides is 1. The highest BCUT2D eigenvalue weighted by molar-refractivity contribution is 14.0. The molecule has 8 nitrogen and oxygen atoms in total. The van der Waals surface area contributed by atoms with Crippen LogP contribution in [0, 0.1) is 0 Å². The summed E-state index contributed by atoms with van der Waals surface area (Å²) in [5, 5.41) is 3.43. The lowest BCUT2D eigenvalue weighted by Gasteiger charge is -2.39. The van der Waals surface area contributed by atoms with Gasteiger partial charge in [0.1, 0.15) is 17.6 Å². The Morgan fingerprint density at radius 2 is 1.72 bits per heavy atom. The van der Waals surface area contributed by atoms with E-state index in [-0.39, 0.29) is 42.0 Å². The highest BCUT2D eigenvalue weighted by Crippen LogP contribution is 2.20. The topological polar surface area (TPSA) is 69.6 Å². The van der Waals surface area contributed by atoms with Gasteiger partial charge in [-0.1, -0.05) is 6.07 Å². The maximum absolute atomic E-state index is 12.7. The Bertz CT molecular complexity index is 749. The van der Waals surface area contributed by atoms with Crippen LogP contribution in [-0.2, 0) is 4.79 Å². The number of piperazine rings is 1. The molecule has 0 aliphatic carbocycles. The fourth-order valence-electron chi connectivity index (χ4n) is 4.19. The van der Waals surface area contributed by atoms with Crippen molar-refractivity contribution in [3.05, 3.63) is 24.3 Å². The highest BCUT2D eigenvalue weighted by atomic mass is 127. The SMILES string of the molecule is CN=C(NCC(C)Oc1cccc(OC)c1)N1CCN(C(C)C(=O)N2CCCC2)CC1.I. The molecule has 2 unspecified atom stereocenters. The number of likely N-dealkylation sites (tertiary alicyclic amines) is 1. The third-order valence-electron chi connectivity index (χ3n) is 6.07. The molecule has 1 amide bonds. The lowest BCUT2D eigenvalue weighted by atomic mass is 10.2. The zero-order chi connectivity index (χ0) is 22.2. The Labute approximate surface area is 209 Å². The van der Waals surface area contributed by atoms with Crippen LogP contribution in [0.15, 0.2) is 29.3 Å². The number of nitrogens with one attached hydrogen (secondary N) is 1. The molecule has 2 aliphatic heterocycles. The Balaban J connectivity index is 0.00000363. The zero-order valence-corrected chi connectivity index (χ0v) is 22.1. The van der Waals surface area contributed by atoms with E-state index in [1.54, 1.807) is 7.11 Å². The van der Waals surface area contributed by atoms with Crippen LogP contribution < -0.4 is 14.8 Å². The van der Waals surface area contributed by atoms with Gasteiger partial charge in [0.2, 0.25) is 5.91 Å². The lowest BCUT2D eigenvalue weighted by Crippen LogP contribution is -2.57. The van der Waals surface area contributed by atoms with Crippen molar-refractivity contribution in [2.45, 2.75) is 38.8 Å².